The van der Waals surface area contributed by atoms with E-state index < -0.39 is 0 Å². The lowest BCUT2D eigenvalue weighted by Gasteiger charge is -1.95. The number of halogens is 1. The number of hydrogen-bond acceptors (Lipinski definition) is 1. The van der Waals surface area contributed by atoms with Crippen molar-refractivity contribution in [1.29, 1.82) is 0 Å². The van der Waals surface area contributed by atoms with Crippen LogP contribution < -0.4 is 0 Å². The second-order valence-electron chi connectivity index (χ2n) is 3.62. The minimum atomic E-state index is -0.306. The van der Waals surface area contributed by atoms with Crippen molar-refractivity contribution >= 4 is 11.9 Å². The summed E-state index contributed by atoms with van der Waals surface area (Å²) in [5.74, 6) is -0.394. The molecule has 0 unspecified atom stereocenters. The van der Waals surface area contributed by atoms with Crippen LogP contribution in [0, 0.1) is 5.82 Å². The predicted octanol–water partition coefficient (Wildman–Crippen LogP) is 3.72. The molecule has 2 rings (SSSR count). The smallest absolute Gasteiger partial charge is 0.185 e. The molecule has 0 heterocycles. The monoisotopic (exact) mass is 226 g/mol. The zero-order chi connectivity index (χ0) is 12.1. The molecule has 0 atom stereocenters. The Balaban J connectivity index is 2.14. The van der Waals surface area contributed by atoms with Gasteiger partial charge in [0.15, 0.2) is 5.78 Å². The van der Waals surface area contributed by atoms with E-state index in [1.807, 2.05) is 18.2 Å². The molecule has 2 aromatic rings. The molecule has 0 spiro atoms. The van der Waals surface area contributed by atoms with Crippen LogP contribution in [0.1, 0.15) is 15.9 Å². The average Bonchev–Trinajstić information content (AvgIpc) is 2.37. The molecule has 17 heavy (non-hydrogen) atoms. The van der Waals surface area contributed by atoms with Gasteiger partial charge in [0.2, 0.25) is 0 Å². The Morgan fingerprint density at radius 1 is 1.00 bits per heavy atom. The highest BCUT2D eigenvalue weighted by Crippen LogP contribution is 2.07. The lowest BCUT2D eigenvalue weighted by molar-refractivity contribution is 0.104. The van der Waals surface area contributed by atoms with Crippen molar-refractivity contribution < 1.29 is 9.18 Å². The molecule has 0 saturated carbocycles. The Morgan fingerprint density at radius 3 is 2.47 bits per heavy atom. The van der Waals surface area contributed by atoms with E-state index in [4.69, 9.17) is 0 Å². The second kappa shape index (κ2) is 5.21. The summed E-state index contributed by atoms with van der Waals surface area (Å²) in [6.45, 7) is 0. The van der Waals surface area contributed by atoms with Gasteiger partial charge in [-0.25, -0.2) is 4.39 Å². The topological polar surface area (TPSA) is 17.1 Å². The standard InChI is InChI=1S/C15H11FO/c16-14-8-4-5-12(11-14)9-10-15(17)13-6-2-1-3-7-13/h1-11H/b10-9+. The van der Waals surface area contributed by atoms with Crippen molar-refractivity contribution in [3.63, 3.8) is 0 Å². The van der Waals surface area contributed by atoms with Gasteiger partial charge < -0.3 is 0 Å². The van der Waals surface area contributed by atoms with Crippen molar-refractivity contribution in [3.05, 3.63) is 77.6 Å². The number of allylic oxidation sites excluding steroid dienone is 1. The fourth-order valence-electron chi connectivity index (χ4n) is 1.48. The number of benzene rings is 2. The molecule has 0 aliphatic carbocycles. The lowest BCUT2D eigenvalue weighted by atomic mass is 10.1. The summed E-state index contributed by atoms with van der Waals surface area (Å²) in [4.78, 5) is 11.7. The van der Waals surface area contributed by atoms with Crippen molar-refractivity contribution in [1.82, 2.24) is 0 Å². The molecule has 2 aromatic carbocycles. The number of carbonyl (C=O) groups excluding carboxylic acids is 1. The molecule has 0 fully saturated rings. The molecule has 84 valence electrons. The Kier molecular flexibility index (Phi) is 3.46. The molecule has 2 heteroatoms. The molecule has 0 bridgehead atoms. The summed E-state index contributed by atoms with van der Waals surface area (Å²) >= 11 is 0. The van der Waals surface area contributed by atoms with Gasteiger partial charge in [0.25, 0.3) is 0 Å². The minimum absolute atomic E-state index is 0.0881. The van der Waals surface area contributed by atoms with Crippen LogP contribution in [0.25, 0.3) is 6.08 Å². The molecule has 0 saturated heterocycles. The van der Waals surface area contributed by atoms with Crippen LogP contribution in [0.4, 0.5) is 4.39 Å². The summed E-state index contributed by atoms with van der Waals surface area (Å²) in [6, 6.07) is 15.1. The van der Waals surface area contributed by atoms with Crippen LogP contribution in [0.2, 0.25) is 0 Å². The van der Waals surface area contributed by atoms with E-state index in [0.717, 1.165) is 0 Å². The van der Waals surface area contributed by atoms with Crippen molar-refractivity contribution in [2.45, 2.75) is 0 Å². The maximum absolute atomic E-state index is 12.9. The Morgan fingerprint density at radius 2 is 1.76 bits per heavy atom. The van der Waals surface area contributed by atoms with E-state index in [9.17, 15) is 9.18 Å². The quantitative estimate of drug-likeness (QED) is 0.575. The average molecular weight is 226 g/mol. The highest BCUT2D eigenvalue weighted by Gasteiger charge is 1.99. The Hall–Kier alpha value is -2.22. The number of rotatable bonds is 3. The first-order valence-corrected chi connectivity index (χ1v) is 5.29. The van der Waals surface area contributed by atoms with Crippen LogP contribution >= 0.6 is 0 Å². The van der Waals surface area contributed by atoms with E-state index in [1.165, 1.54) is 18.2 Å². The predicted molar refractivity (Wildman–Crippen MR) is 66.2 cm³/mol. The highest BCUT2D eigenvalue weighted by atomic mass is 19.1. The van der Waals surface area contributed by atoms with Gasteiger partial charge in [0, 0.05) is 5.56 Å². The maximum Gasteiger partial charge on any atom is 0.185 e. The zero-order valence-electron chi connectivity index (χ0n) is 9.14. The molecular weight excluding hydrogens is 215 g/mol. The van der Waals surface area contributed by atoms with Crippen molar-refractivity contribution in [2.24, 2.45) is 0 Å². The molecule has 0 aliphatic rings. The number of carbonyl (C=O) groups is 1. The fraction of sp³-hybridized carbons (Fsp3) is 0. The Labute approximate surface area is 99.2 Å². The largest absolute Gasteiger partial charge is 0.289 e. The summed E-state index contributed by atoms with van der Waals surface area (Å²) < 4.78 is 12.9. The van der Waals surface area contributed by atoms with Gasteiger partial charge in [-0.15, -0.1) is 0 Å². The van der Waals surface area contributed by atoms with Gasteiger partial charge in [-0.05, 0) is 23.8 Å². The normalized spacial score (nSPS) is 10.6. The van der Waals surface area contributed by atoms with E-state index in [0.29, 0.717) is 11.1 Å². The van der Waals surface area contributed by atoms with E-state index in [1.54, 1.807) is 30.3 Å². The van der Waals surface area contributed by atoms with E-state index in [-0.39, 0.29) is 11.6 Å². The third-order valence-electron chi connectivity index (χ3n) is 2.33. The molecule has 0 amide bonds. The van der Waals surface area contributed by atoms with Crippen LogP contribution in [0.15, 0.2) is 60.7 Å². The third-order valence-corrected chi connectivity index (χ3v) is 2.33. The van der Waals surface area contributed by atoms with Gasteiger partial charge in [-0.3, -0.25) is 4.79 Å². The zero-order valence-corrected chi connectivity index (χ0v) is 9.14. The molecular formula is C15H11FO. The SMILES string of the molecule is O=C(/C=C/c1cccc(F)c1)c1ccccc1. The third kappa shape index (κ3) is 3.11. The van der Waals surface area contributed by atoms with Gasteiger partial charge in [-0.1, -0.05) is 48.5 Å². The summed E-state index contributed by atoms with van der Waals surface area (Å²) in [6.07, 6.45) is 3.06. The fourth-order valence-corrected chi connectivity index (χ4v) is 1.48. The minimum Gasteiger partial charge on any atom is -0.289 e. The Bertz CT molecular complexity index is 544. The van der Waals surface area contributed by atoms with Gasteiger partial charge >= 0.3 is 0 Å². The number of ketones is 1. The molecule has 1 nitrogen and oxygen atoms in total. The van der Waals surface area contributed by atoms with Crippen LogP contribution in [-0.2, 0) is 0 Å². The van der Waals surface area contributed by atoms with Crippen LogP contribution in [-0.4, -0.2) is 5.78 Å². The summed E-state index contributed by atoms with van der Waals surface area (Å²) in [5.41, 5.74) is 1.30. The summed E-state index contributed by atoms with van der Waals surface area (Å²) in [7, 11) is 0. The first kappa shape index (κ1) is 11.3. The molecule has 0 N–H and O–H groups in total. The van der Waals surface area contributed by atoms with E-state index in [2.05, 4.69) is 0 Å². The molecule has 0 radical (unpaired) electrons. The second-order valence-corrected chi connectivity index (χ2v) is 3.62. The lowest BCUT2D eigenvalue weighted by Crippen LogP contribution is -1.92. The maximum atomic E-state index is 12.9. The van der Waals surface area contributed by atoms with Crippen molar-refractivity contribution in [3.8, 4) is 0 Å². The molecule has 0 aliphatic heterocycles. The van der Waals surface area contributed by atoms with Gasteiger partial charge in [0.1, 0.15) is 5.82 Å². The van der Waals surface area contributed by atoms with Gasteiger partial charge in [-0.2, -0.15) is 0 Å². The van der Waals surface area contributed by atoms with Crippen LogP contribution in [0.3, 0.4) is 0 Å². The number of hydrogen-bond donors (Lipinski definition) is 0. The molecule has 0 aromatic heterocycles. The van der Waals surface area contributed by atoms with Gasteiger partial charge in [0.05, 0.1) is 0 Å². The van der Waals surface area contributed by atoms with E-state index >= 15 is 0 Å². The first-order chi connectivity index (χ1) is 8.25. The van der Waals surface area contributed by atoms with Crippen molar-refractivity contribution in [2.75, 3.05) is 0 Å². The highest BCUT2D eigenvalue weighted by molar-refractivity contribution is 6.06. The summed E-state index contributed by atoms with van der Waals surface area (Å²) in [5, 5.41) is 0. The first-order valence-electron chi connectivity index (χ1n) is 5.29. The van der Waals surface area contributed by atoms with Crippen LogP contribution in [0.5, 0.6) is 0 Å².